The fraction of sp³-hybridized carbons (Fsp3) is 0.500. The number of amides is 2. The van der Waals surface area contributed by atoms with Crippen LogP contribution in [-0.2, 0) is 9.53 Å². The third kappa shape index (κ3) is 4.59. The number of hydrogen-bond acceptors (Lipinski definition) is 3. The Labute approximate surface area is 145 Å². The molecule has 2 amide bonds. The van der Waals surface area contributed by atoms with E-state index in [9.17, 15) is 9.59 Å². The molecule has 1 unspecified atom stereocenters. The number of carbonyl (C=O) groups excluding carboxylic acids is 2. The number of ether oxygens (including phenoxy) is 1. The Kier molecular flexibility index (Phi) is 6.27. The summed E-state index contributed by atoms with van der Waals surface area (Å²) in [6.07, 6.45) is 0.444. The molecule has 0 aliphatic carbocycles. The minimum absolute atomic E-state index is 0.0997. The van der Waals surface area contributed by atoms with Crippen LogP contribution in [0.1, 0.15) is 22.3 Å². The number of methoxy groups -OCH3 is 1. The second-order valence-electron chi connectivity index (χ2n) is 5.68. The van der Waals surface area contributed by atoms with Gasteiger partial charge in [-0.1, -0.05) is 23.2 Å². The molecule has 23 heavy (non-hydrogen) atoms. The SMILES string of the molecule is COCCN1CC(CNC(=O)c2cc(Cl)c(C)c(Cl)c2)CC1=O. The summed E-state index contributed by atoms with van der Waals surface area (Å²) in [5, 5.41) is 3.77. The Morgan fingerprint density at radius 2 is 2.04 bits per heavy atom. The summed E-state index contributed by atoms with van der Waals surface area (Å²) < 4.78 is 4.99. The van der Waals surface area contributed by atoms with Gasteiger partial charge in [-0.3, -0.25) is 9.59 Å². The molecule has 1 aromatic carbocycles. The smallest absolute Gasteiger partial charge is 0.251 e. The summed E-state index contributed by atoms with van der Waals surface area (Å²) in [4.78, 5) is 25.8. The van der Waals surface area contributed by atoms with Crippen LogP contribution in [0.25, 0.3) is 0 Å². The van der Waals surface area contributed by atoms with Crippen molar-refractivity contribution in [1.82, 2.24) is 10.2 Å². The summed E-state index contributed by atoms with van der Waals surface area (Å²) in [5.74, 6) is -0.0287. The molecule has 0 bridgehead atoms. The quantitative estimate of drug-likeness (QED) is 0.849. The Morgan fingerprint density at radius 1 is 1.39 bits per heavy atom. The van der Waals surface area contributed by atoms with Crippen molar-refractivity contribution >= 4 is 35.0 Å². The van der Waals surface area contributed by atoms with Crippen molar-refractivity contribution in [2.24, 2.45) is 5.92 Å². The molecular weight excluding hydrogens is 339 g/mol. The molecular formula is C16H20Cl2N2O3. The van der Waals surface area contributed by atoms with Crippen LogP contribution in [0.3, 0.4) is 0 Å². The molecule has 7 heteroatoms. The molecule has 0 saturated carbocycles. The van der Waals surface area contributed by atoms with Crippen molar-refractivity contribution in [3.8, 4) is 0 Å². The molecule has 1 N–H and O–H groups in total. The highest BCUT2D eigenvalue weighted by Gasteiger charge is 2.29. The molecule has 1 saturated heterocycles. The lowest BCUT2D eigenvalue weighted by Crippen LogP contribution is -2.32. The first-order valence-electron chi connectivity index (χ1n) is 7.43. The van der Waals surface area contributed by atoms with Crippen LogP contribution in [0.5, 0.6) is 0 Å². The number of carbonyl (C=O) groups is 2. The molecule has 0 aromatic heterocycles. The van der Waals surface area contributed by atoms with Crippen LogP contribution in [0, 0.1) is 12.8 Å². The summed E-state index contributed by atoms with van der Waals surface area (Å²) in [5.41, 5.74) is 1.17. The number of nitrogens with zero attached hydrogens (tertiary/aromatic N) is 1. The van der Waals surface area contributed by atoms with Gasteiger partial charge in [0.15, 0.2) is 0 Å². The molecule has 1 fully saturated rings. The maximum atomic E-state index is 12.2. The summed E-state index contributed by atoms with van der Waals surface area (Å²) in [7, 11) is 1.61. The highest BCUT2D eigenvalue weighted by atomic mass is 35.5. The maximum Gasteiger partial charge on any atom is 0.251 e. The summed E-state index contributed by atoms with van der Waals surface area (Å²) in [6.45, 7) is 3.98. The van der Waals surface area contributed by atoms with Crippen LogP contribution >= 0.6 is 23.2 Å². The number of likely N-dealkylation sites (tertiary alicyclic amines) is 1. The van der Waals surface area contributed by atoms with Gasteiger partial charge < -0.3 is 15.0 Å². The lowest BCUT2D eigenvalue weighted by molar-refractivity contribution is -0.128. The molecule has 1 aliphatic rings. The highest BCUT2D eigenvalue weighted by molar-refractivity contribution is 6.36. The standard InChI is InChI=1S/C16H20Cl2N2O3/c1-10-13(17)6-12(7-14(10)18)16(22)19-8-11-5-15(21)20(9-11)3-4-23-2/h6-7,11H,3-5,8-9H2,1-2H3,(H,19,22). The maximum absolute atomic E-state index is 12.2. The number of nitrogens with one attached hydrogen (secondary N) is 1. The minimum Gasteiger partial charge on any atom is -0.383 e. The molecule has 1 aromatic rings. The second-order valence-corrected chi connectivity index (χ2v) is 6.49. The molecule has 1 aliphatic heterocycles. The van der Waals surface area contributed by atoms with Crippen molar-refractivity contribution in [2.45, 2.75) is 13.3 Å². The van der Waals surface area contributed by atoms with Gasteiger partial charge in [-0.05, 0) is 24.6 Å². The average Bonchev–Trinajstić information content (AvgIpc) is 2.87. The number of rotatable bonds is 6. The topological polar surface area (TPSA) is 58.6 Å². The first-order chi connectivity index (χ1) is 10.9. The molecule has 1 heterocycles. The largest absolute Gasteiger partial charge is 0.383 e. The van der Waals surface area contributed by atoms with Crippen LogP contribution < -0.4 is 5.32 Å². The predicted octanol–water partition coefficient (Wildman–Crippen LogP) is 2.53. The van der Waals surface area contributed by atoms with Crippen molar-refractivity contribution in [1.29, 1.82) is 0 Å². The molecule has 126 valence electrons. The van der Waals surface area contributed by atoms with E-state index in [4.69, 9.17) is 27.9 Å². The van der Waals surface area contributed by atoms with E-state index in [0.29, 0.717) is 48.3 Å². The molecule has 2 rings (SSSR count). The molecule has 5 nitrogen and oxygen atoms in total. The normalized spacial score (nSPS) is 17.7. The van der Waals surface area contributed by atoms with Crippen molar-refractivity contribution in [3.63, 3.8) is 0 Å². The predicted molar refractivity (Wildman–Crippen MR) is 90.1 cm³/mol. The van der Waals surface area contributed by atoms with Gasteiger partial charge >= 0.3 is 0 Å². The molecule has 0 radical (unpaired) electrons. The lowest BCUT2D eigenvalue weighted by atomic mass is 10.1. The number of hydrogen-bond donors (Lipinski definition) is 1. The van der Waals surface area contributed by atoms with Gasteiger partial charge in [0.2, 0.25) is 5.91 Å². The Hall–Kier alpha value is -1.30. The Bertz CT molecular complexity index is 584. The molecule has 1 atom stereocenters. The van der Waals surface area contributed by atoms with Crippen LogP contribution in [0.2, 0.25) is 10.0 Å². The van der Waals surface area contributed by atoms with Crippen molar-refractivity contribution in [2.75, 3.05) is 33.4 Å². The number of benzene rings is 1. The fourth-order valence-corrected chi connectivity index (χ4v) is 3.01. The van der Waals surface area contributed by atoms with E-state index in [1.54, 1.807) is 31.1 Å². The fourth-order valence-electron chi connectivity index (χ4n) is 2.52. The van der Waals surface area contributed by atoms with E-state index < -0.39 is 0 Å². The van der Waals surface area contributed by atoms with Gasteiger partial charge in [-0.25, -0.2) is 0 Å². The van der Waals surface area contributed by atoms with Gasteiger partial charge in [-0.2, -0.15) is 0 Å². The second kappa shape index (κ2) is 7.99. The van der Waals surface area contributed by atoms with Crippen molar-refractivity contribution < 1.29 is 14.3 Å². The summed E-state index contributed by atoms with van der Waals surface area (Å²) >= 11 is 12.1. The van der Waals surface area contributed by atoms with Gasteiger partial charge in [0.1, 0.15) is 0 Å². The zero-order valence-corrected chi connectivity index (χ0v) is 14.7. The first-order valence-corrected chi connectivity index (χ1v) is 8.18. The first kappa shape index (κ1) is 18.0. The summed E-state index contributed by atoms with van der Waals surface area (Å²) in [6, 6.07) is 3.20. The van der Waals surface area contributed by atoms with E-state index in [1.807, 2.05) is 0 Å². The van der Waals surface area contributed by atoms with Crippen LogP contribution in [0.15, 0.2) is 12.1 Å². The third-order valence-electron chi connectivity index (χ3n) is 3.95. The van der Waals surface area contributed by atoms with Gasteiger partial charge in [-0.15, -0.1) is 0 Å². The Morgan fingerprint density at radius 3 is 2.65 bits per heavy atom. The zero-order valence-electron chi connectivity index (χ0n) is 13.2. The number of halogens is 2. The van der Waals surface area contributed by atoms with Gasteiger partial charge in [0, 0.05) is 54.7 Å². The Balaban J connectivity index is 1.89. The van der Waals surface area contributed by atoms with Gasteiger partial charge in [0.05, 0.1) is 6.61 Å². The van der Waals surface area contributed by atoms with Crippen LogP contribution in [-0.4, -0.2) is 50.1 Å². The minimum atomic E-state index is -0.239. The highest BCUT2D eigenvalue weighted by Crippen LogP contribution is 2.25. The van der Waals surface area contributed by atoms with E-state index in [1.165, 1.54) is 0 Å². The van der Waals surface area contributed by atoms with Crippen molar-refractivity contribution in [3.05, 3.63) is 33.3 Å². The van der Waals surface area contributed by atoms with E-state index in [2.05, 4.69) is 5.32 Å². The van der Waals surface area contributed by atoms with Gasteiger partial charge in [0.25, 0.3) is 5.91 Å². The average molecular weight is 359 g/mol. The van der Waals surface area contributed by atoms with Crippen LogP contribution in [0.4, 0.5) is 0 Å². The van der Waals surface area contributed by atoms with E-state index >= 15 is 0 Å². The zero-order chi connectivity index (χ0) is 17.0. The lowest BCUT2D eigenvalue weighted by Gasteiger charge is -2.16. The third-order valence-corrected chi connectivity index (χ3v) is 4.74. The van der Waals surface area contributed by atoms with E-state index in [-0.39, 0.29) is 17.7 Å². The molecule has 0 spiro atoms. The monoisotopic (exact) mass is 358 g/mol. The van der Waals surface area contributed by atoms with E-state index in [0.717, 1.165) is 5.56 Å².